The molecule has 0 atom stereocenters. The average molecular weight is 255 g/mol. The van der Waals surface area contributed by atoms with Crippen molar-refractivity contribution in [3.05, 3.63) is 34.4 Å². The molecule has 1 amide bonds. The van der Waals surface area contributed by atoms with Gasteiger partial charge in [-0.15, -0.1) is 0 Å². The Labute approximate surface area is 100 Å². The minimum absolute atomic E-state index is 0.189. The van der Waals surface area contributed by atoms with Crippen LogP contribution in [-0.2, 0) is 0 Å². The molecule has 7 heteroatoms. The van der Waals surface area contributed by atoms with Crippen molar-refractivity contribution in [3.63, 3.8) is 0 Å². The number of hydrogen-bond donors (Lipinski definition) is 2. The van der Waals surface area contributed by atoms with Crippen molar-refractivity contribution in [3.8, 4) is 0 Å². The van der Waals surface area contributed by atoms with Crippen LogP contribution in [0.25, 0.3) is 0 Å². The Kier molecular flexibility index (Phi) is 3.02. The van der Waals surface area contributed by atoms with Crippen LogP contribution in [0, 0.1) is 0 Å². The van der Waals surface area contributed by atoms with Crippen LogP contribution < -0.4 is 11.1 Å². The van der Waals surface area contributed by atoms with Gasteiger partial charge in [-0.3, -0.25) is 4.79 Å². The number of hydrogen-bond acceptors (Lipinski definition) is 5. The third-order valence-electron chi connectivity index (χ3n) is 1.77. The monoisotopic (exact) mass is 254 g/mol. The number of pyridine rings is 1. The summed E-state index contributed by atoms with van der Waals surface area (Å²) in [4.78, 5) is 15.5. The Balaban J connectivity index is 2.21. The van der Waals surface area contributed by atoms with Crippen LogP contribution in [0.3, 0.4) is 0 Å². The van der Waals surface area contributed by atoms with Gasteiger partial charge in [0.15, 0.2) is 0 Å². The topological polar surface area (TPSA) is 80.9 Å². The first-order chi connectivity index (χ1) is 7.65. The Bertz CT molecular complexity index is 494. The van der Waals surface area contributed by atoms with Gasteiger partial charge in [0.25, 0.3) is 5.91 Å². The molecule has 0 aliphatic heterocycles. The number of nitrogens with two attached hydrogens (primary N) is 1. The van der Waals surface area contributed by atoms with Crippen LogP contribution in [0.4, 0.5) is 11.5 Å². The van der Waals surface area contributed by atoms with E-state index in [0.29, 0.717) is 11.3 Å². The molecule has 0 spiro atoms. The van der Waals surface area contributed by atoms with Crippen LogP contribution in [0.2, 0.25) is 5.15 Å². The van der Waals surface area contributed by atoms with Crippen LogP contribution in [0.1, 0.15) is 10.4 Å². The van der Waals surface area contributed by atoms with Gasteiger partial charge in [-0.25, -0.2) is 4.98 Å². The molecule has 0 aliphatic rings. The largest absolute Gasteiger partial charge is 0.384 e. The summed E-state index contributed by atoms with van der Waals surface area (Å²) < 4.78 is 3.87. The minimum atomic E-state index is -0.295. The minimum Gasteiger partial charge on any atom is -0.384 e. The number of nitrogens with zero attached hydrogens (tertiary/aromatic N) is 2. The fourth-order valence-electron chi connectivity index (χ4n) is 1.12. The van der Waals surface area contributed by atoms with Crippen molar-refractivity contribution in [2.24, 2.45) is 0 Å². The molecule has 3 N–H and O–H groups in total. The predicted octanol–water partition coefficient (Wildman–Crippen LogP) is 2.03. The van der Waals surface area contributed by atoms with E-state index in [-0.39, 0.29) is 16.9 Å². The molecule has 0 fully saturated rings. The number of aromatic nitrogens is 2. The summed E-state index contributed by atoms with van der Waals surface area (Å²) in [6.07, 6.45) is 1.56. The highest BCUT2D eigenvalue weighted by Gasteiger charge is 2.09. The molecule has 82 valence electrons. The highest BCUT2D eigenvalue weighted by Crippen LogP contribution is 2.15. The van der Waals surface area contributed by atoms with Gasteiger partial charge in [0.1, 0.15) is 11.0 Å². The first kappa shape index (κ1) is 10.8. The van der Waals surface area contributed by atoms with Crippen molar-refractivity contribution in [2.45, 2.75) is 0 Å². The molecule has 2 rings (SSSR count). The van der Waals surface area contributed by atoms with Crippen LogP contribution in [-0.4, -0.2) is 15.3 Å². The molecule has 2 heterocycles. The summed E-state index contributed by atoms with van der Waals surface area (Å²) in [5, 5.41) is 4.57. The maximum atomic E-state index is 11.7. The lowest BCUT2D eigenvalue weighted by molar-refractivity contribution is 0.102. The van der Waals surface area contributed by atoms with Crippen LogP contribution >= 0.6 is 23.1 Å². The fraction of sp³-hybridized carbons (Fsp3) is 0. The van der Waals surface area contributed by atoms with Gasteiger partial charge < -0.3 is 11.1 Å². The average Bonchev–Trinajstić information content (AvgIpc) is 2.68. The van der Waals surface area contributed by atoms with Crippen LogP contribution in [0.15, 0.2) is 23.7 Å². The second-order valence-corrected chi connectivity index (χ2v) is 4.02. The van der Waals surface area contributed by atoms with Gasteiger partial charge in [-0.05, 0) is 23.7 Å². The number of amides is 1. The molecular weight excluding hydrogens is 248 g/mol. The van der Waals surface area contributed by atoms with Gasteiger partial charge in [-0.1, -0.05) is 11.6 Å². The zero-order valence-electron chi connectivity index (χ0n) is 7.98. The van der Waals surface area contributed by atoms with E-state index in [0.717, 1.165) is 0 Å². The molecule has 0 saturated carbocycles. The Morgan fingerprint density at radius 1 is 1.50 bits per heavy atom. The van der Waals surface area contributed by atoms with E-state index in [2.05, 4.69) is 14.7 Å². The van der Waals surface area contributed by atoms with Crippen molar-refractivity contribution in [2.75, 3.05) is 11.1 Å². The van der Waals surface area contributed by atoms with E-state index in [9.17, 15) is 4.79 Å². The van der Waals surface area contributed by atoms with Gasteiger partial charge in [-0.2, -0.15) is 4.37 Å². The van der Waals surface area contributed by atoms with E-state index < -0.39 is 0 Å². The first-order valence-corrected chi connectivity index (χ1v) is 5.50. The Hall–Kier alpha value is -1.66. The second kappa shape index (κ2) is 4.46. The lowest BCUT2D eigenvalue weighted by Crippen LogP contribution is -2.12. The summed E-state index contributed by atoms with van der Waals surface area (Å²) in [7, 11) is 0. The lowest BCUT2D eigenvalue weighted by atomic mass is 10.2. The third-order valence-corrected chi connectivity index (χ3v) is 2.55. The van der Waals surface area contributed by atoms with Crippen LogP contribution in [0.5, 0.6) is 0 Å². The Morgan fingerprint density at radius 3 is 2.94 bits per heavy atom. The van der Waals surface area contributed by atoms with E-state index in [1.54, 1.807) is 11.6 Å². The molecule has 2 aromatic rings. The van der Waals surface area contributed by atoms with Crippen molar-refractivity contribution in [1.82, 2.24) is 9.36 Å². The quantitative estimate of drug-likeness (QED) is 0.804. The molecule has 0 saturated heterocycles. The first-order valence-electron chi connectivity index (χ1n) is 4.29. The van der Waals surface area contributed by atoms with Crippen molar-refractivity contribution in [1.29, 1.82) is 0 Å². The van der Waals surface area contributed by atoms with Crippen molar-refractivity contribution >= 4 is 40.5 Å². The molecule has 0 aliphatic carbocycles. The highest BCUT2D eigenvalue weighted by molar-refractivity contribution is 7.04. The number of halogens is 1. The summed E-state index contributed by atoms with van der Waals surface area (Å²) >= 11 is 6.95. The maximum Gasteiger partial charge on any atom is 0.255 e. The van der Waals surface area contributed by atoms with Gasteiger partial charge >= 0.3 is 0 Å². The Morgan fingerprint density at radius 2 is 2.31 bits per heavy atom. The molecule has 0 radical (unpaired) electrons. The maximum absolute atomic E-state index is 11.7. The second-order valence-electron chi connectivity index (χ2n) is 2.97. The smallest absolute Gasteiger partial charge is 0.255 e. The summed E-state index contributed by atoms with van der Waals surface area (Å²) in [6, 6.07) is 2.91. The standard InChI is InChI=1S/C9H7ClN4OS/c10-7-1-5(2-8(11)14-7)9(15)13-6-3-12-16-4-6/h1-4H,(H2,11,14)(H,13,15). The molecule has 0 bridgehead atoms. The summed E-state index contributed by atoms with van der Waals surface area (Å²) in [5.41, 5.74) is 6.49. The molecule has 2 aromatic heterocycles. The normalized spacial score (nSPS) is 10.1. The SMILES string of the molecule is Nc1cc(C(=O)Nc2cnsc2)cc(Cl)n1. The molecule has 0 aromatic carbocycles. The van der Waals surface area contributed by atoms with E-state index in [1.165, 1.54) is 23.7 Å². The number of anilines is 2. The number of carbonyl (C=O) groups is 1. The molecule has 16 heavy (non-hydrogen) atoms. The summed E-state index contributed by atoms with van der Waals surface area (Å²) in [5.74, 6) is -0.0858. The van der Waals surface area contributed by atoms with Gasteiger partial charge in [0.2, 0.25) is 0 Å². The number of rotatable bonds is 2. The van der Waals surface area contributed by atoms with Gasteiger partial charge in [0, 0.05) is 10.9 Å². The number of carbonyl (C=O) groups excluding carboxylic acids is 1. The van der Waals surface area contributed by atoms with Gasteiger partial charge in [0.05, 0.1) is 11.9 Å². The highest BCUT2D eigenvalue weighted by atomic mass is 35.5. The van der Waals surface area contributed by atoms with E-state index in [1.807, 2.05) is 0 Å². The predicted molar refractivity (Wildman–Crippen MR) is 63.7 cm³/mol. The number of nitrogens with one attached hydrogen (secondary N) is 1. The third kappa shape index (κ3) is 2.47. The lowest BCUT2D eigenvalue weighted by Gasteiger charge is -2.03. The summed E-state index contributed by atoms with van der Waals surface area (Å²) in [6.45, 7) is 0. The molecular formula is C9H7ClN4OS. The zero-order chi connectivity index (χ0) is 11.5. The van der Waals surface area contributed by atoms with Crippen molar-refractivity contribution < 1.29 is 4.79 Å². The van der Waals surface area contributed by atoms with E-state index in [4.69, 9.17) is 17.3 Å². The zero-order valence-corrected chi connectivity index (χ0v) is 9.55. The van der Waals surface area contributed by atoms with E-state index >= 15 is 0 Å². The molecule has 5 nitrogen and oxygen atoms in total. The fourth-order valence-corrected chi connectivity index (χ4v) is 1.80. The molecule has 0 unspecified atom stereocenters. The number of nitrogen functional groups attached to an aromatic ring is 1.